The summed E-state index contributed by atoms with van der Waals surface area (Å²) >= 11 is 0. The Hall–Kier alpha value is -0.300. The molecular formula is C9H10Cl2O4S2. The summed E-state index contributed by atoms with van der Waals surface area (Å²) < 4.78 is 44.9. The Bertz CT molecular complexity index is 648. The molecule has 17 heavy (non-hydrogen) atoms. The van der Waals surface area contributed by atoms with Gasteiger partial charge in [0, 0.05) is 21.4 Å². The summed E-state index contributed by atoms with van der Waals surface area (Å²) in [6.45, 7) is 3.27. The molecule has 1 rings (SSSR count). The van der Waals surface area contributed by atoms with Gasteiger partial charge in [0.25, 0.3) is 9.05 Å². The Labute approximate surface area is 109 Å². The highest BCUT2D eigenvalue weighted by Gasteiger charge is 2.22. The molecule has 4 nitrogen and oxygen atoms in total. The number of benzene rings is 1. The van der Waals surface area contributed by atoms with Crippen LogP contribution in [0.5, 0.6) is 0 Å². The quantitative estimate of drug-likeness (QED) is 0.802. The first-order valence-corrected chi connectivity index (χ1v) is 9.26. The minimum Gasteiger partial charge on any atom is -0.212 e. The van der Waals surface area contributed by atoms with Gasteiger partial charge in [-0.15, -0.1) is 0 Å². The van der Waals surface area contributed by atoms with Crippen molar-refractivity contribution in [2.75, 3.05) is 0 Å². The second kappa shape index (κ2) is 4.76. The first-order valence-electron chi connectivity index (χ1n) is 4.48. The number of halogens is 2. The van der Waals surface area contributed by atoms with Crippen molar-refractivity contribution in [1.29, 1.82) is 0 Å². The van der Waals surface area contributed by atoms with Gasteiger partial charge < -0.3 is 0 Å². The van der Waals surface area contributed by atoms with Crippen molar-refractivity contribution in [3.8, 4) is 0 Å². The van der Waals surface area contributed by atoms with Crippen LogP contribution >= 0.6 is 21.4 Å². The molecule has 0 amide bonds. The zero-order valence-electron chi connectivity index (χ0n) is 9.07. The van der Waals surface area contributed by atoms with E-state index >= 15 is 0 Å². The van der Waals surface area contributed by atoms with Crippen LogP contribution in [0.1, 0.15) is 16.7 Å². The van der Waals surface area contributed by atoms with Gasteiger partial charge in [0.05, 0.1) is 10.6 Å². The van der Waals surface area contributed by atoms with Gasteiger partial charge in [-0.3, -0.25) is 0 Å². The average molecular weight is 317 g/mol. The molecule has 0 radical (unpaired) electrons. The van der Waals surface area contributed by atoms with E-state index in [1.165, 1.54) is 6.07 Å². The lowest BCUT2D eigenvalue weighted by molar-refractivity contribution is 0.606. The van der Waals surface area contributed by atoms with Gasteiger partial charge in [0.1, 0.15) is 0 Å². The molecule has 0 spiro atoms. The topological polar surface area (TPSA) is 68.3 Å². The van der Waals surface area contributed by atoms with Crippen molar-refractivity contribution < 1.29 is 16.8 Å². The van der Waals surface area contributed by atoms with Crippen molar-refractivity contribution in [2.24, 2.45) is 0 Å². The minimum absolute atomic E-state index is 0.0903. The molecule has 0 atom stereocenters. The molecule has 0 saturated carbocycles. The summed E-state index contributed by atoms with van der Waals surface area (Å²) in [6.07, 6.45) is 0. The number of hydrogen-bond acceptors (Lipinski definition) is 4. The van der Waals surface area contributed by atoms with E-state index in [-0.39, 0.29) is 10.5 Å². The monoisotopic (exact) mass is 316 g/mol. The second-order valence-corrected chi connectivity index (χ2v) is 8.97. The zero-order chi connectivity index (χ0) is 13.4. The normalized spacial score (nSPS) is 12.7. The Morgan fingerprint density at radius 2 is 1.59 bits per heavy atom. The van der Waals surface area contributed by atoms with Crippen LogP contribution in [0.2, 0.25) is 0 Å². The molecule has 0 heterocycles. The summed E-state index contributed by atoms with van der Waals surface area (Å²) in [5.74, 6) is -0.571. The fourth-order valence-corrected chi connectivity index (χ4v) is 4.28. The van der Waals surface area contributed by atoms with Crippen molar-refractivity contribution >= 4 is 39.5 Å². The van der Waals surface area contributed by atoms with E-state index in [4.69, 9.17) is 21.4 Å². The number of hydrogen-bond donors (Lipinski definition) is 0. The molecule has 0 aliphatic heterocycles. The molecule has 0 aliphatic carbocycles. The maximum Gasteiger partial charge on any atom is 0.261 e. The van der Waals surface area contributed by atoms with Gasteiger partial charge >= 0.3 is 0 Å². The Morgan fingerprint density at radius 1 is 1.06 bits per heavy atom. The van der Waals surface area contributed by atoms with E-state index in [0.29, 0.717) is 5.56 Å². The summed E-state index contributed by atoms with van der Waals surface area (Å²) in [4.78, 5) is -0.186. The van der Waals surface area contributed by atoms with Crippen molar-refractivity contribution in [3.63, 3.8) is 0 Å². The molecule has 1 aromatic rings. The molecule has 96 valence electrons. The summed E-state index contributed by atoms with van der Waals surface area (Å²) in [6, 6.07) is 3.06. The first-order chi connectivity index (χ1) is 7.50. The fourth-order valence-electron chi connectivity index (χ4n) is 1.68. The maximum absolute atomic E-state index is 11.4. The Balaban J connectivity index is 3.58. The molecule has 0 aliphatic rings. The van der Waals surface area contributed by atoms with Crippen molar-refractivity contribution in [2.45, 2.75) is 24.5 Å². The van der Waals surface area contributed by atoms with Crippen LogP contribution in [0.25, 0.3) is 0 Å². The molecular weight excluding hydrogens is 307 g/mol. The lowest BCUT2D eigenvalue weighted by Crippen LogP contribution is -2.05. The second-order valence-electron chi connectivity index (χ2n) is 3.69. The summed E-state index contributed by atoms with van der Waals surface area (Å²) in [7, 11) is 2.56. The van der Waals surface area contributed by atoms with Gasteiger partial charge in [-0.1, -0.05) is 17.7 Å². The standard InChI is InChI=1S/C9H10Cl2O4S2/c1-6-3-7(2)9(17(11,14)15)8(4-6)5-16(10,12)13/h3-4H,5H2,1-2H3. The lowest BCUT2D eigenvalue weighted by atomic mass is 10.1. The highest BCUT2D eigenvalue weighted by atomic mass is 35.7. The van der Waals surface area contributed by atoms with E-state index in [1.54, 1.807) is 19.9 Å². The molecule has 0 aromatic heterocycles. The third kappa shape index (κ3) is 4.13. The number of rotatable bonds is 3. The van der Waals surface area contributed by atoms with Crippen LogP contribution < -0.4 is 0 Å². The average Bonchev–Trinajstić information content (AvgIpc) is 1.94. The van der Waals surface area contributed by atoms with Crippen LogP contribution in [0.15, 0.2) is 17.0 Å². The van der Waals surface area contributed by atoms with Gasteiger partial charge in [-0.2, -0.15) is 0 Å². The summed E-state index contributed by atoms with van der Waals surface area (Å²) in [5, 5.41) is 0. The van der Waals surface area contributed by atoms with Gasteiger partial charge in [0.15, 0.2) is 0 Å². The van der Waals surface area contributed by atoms with E-state index in [2.05, 4.69) is 0 Å². The zero-order valence-corrected chi connectivity index (χ0v) is 12.2. The summed E-state index contributed by atoms with van der Waals surface area (Å²) in [5.41, 5.74) is 1.23. The minimum atomic E-state index is -4.00. The van der Waals surface area contributed by atoms with Gasteiger partial charge in [0.2, 0.25) is 9.05 Å². The fraction of sp³-hybridized carbons (Fsp3) is 0.333. The predicted octanol–water partition coefficient (Wildman–Crippen LogP) is 2.30. The van der Waals surface area contributed by atoms with Crippen molar-refractivity contribution in [3.05, 3.63) is 28.8 Å². The molecule has 0 unspecified atom stereocenters. The largest absolute Gasteiger partial charge is 0.261 e. The first kappa shape index (κ1) is 14.8. The maximum atomic E-state index is 11.4. The molecule has 8 heteroatoms. The van der Waals surface area contributed by atoms with E-state index in [1.807, 2.05) is 0 Å². The van der Waals surface area contributed by atoms with Crippen LogP contribution in [-0.4, -0.2) is 16.8 Å². The van der Waals surface area contributed by atoms with Gasteiger partial charge in [-0.25, -0.2) is 16.8 Å². The Kier molecular flexibility index (Phi) is 4.13. The van der Waals surface area contributed by atoms with Crippen LogP contribution in [-0.2, 0) is 23.9 Å². The molecule has 0 saturated heterocycles. The van der Waals surface area contributed by atoms with E-state index in [0.717, 1.165) is 5.56 Å². The number of aryl methyl sites for hydroxylation is 2. The molecule has 0 N–H and O–H groups in total. The Morgan fingerprint density at radius 3 is 2.00 bits per heavy atom. The SMILES string of the molecule is Cc1cc(C)c(S(=O)(=O)Cl)c(CS(=O)(=O)Cl)c1. The van der Waals surface area contributed by atoms with Crippen LogP contribution in [0, 0.1) is 13.8 Å². The smallest absolute Gasteiger partial charge is 0.212 e. The molecule has 1 aromatic carbocycles. The lowest BCUT2D eigenvalue weighted by Gasteiger charge is -2.10. The predicted molar refractivity (Wildman–Crippen MR) is 67.4 cm³/mol. The highest BCUT2D eigenvalue weighted by molar-refractivity contribution is 8.14. The van der Waals surface area contributed by atoms with Crippen molar-refractivity contribution in [1.82, 2.24) is 0 Å². The van der Waals surface area contributed by atoms with Gasteiger partial charge in [-0.05, 0) is 25.0 Å². The molecule has 0 bridgehead atoms. The molecule has 0 fully saturated rings. The third-order valence-corrected chi connectivity index (χ3v) is 4.59. The van der Waals surface area contributed by atoms with Crippen LogP contribution in [0.3, 0.4) is 0 Å². The van der Waals surface area contributed by atoms with Crippen LogP contribution in [0.4, 0.5) is 0 Å². The van der Waals surface area contributed by atoms with E-state index < -0.39 is 23.9 Å². The highest BCUT2D eigenvalue weighted by Crippen LogP contribution is 2.27. The van der Waals surface area contributed by atoms with E-state index in [9.17, 15) is 16.8 Å². The third-order valence-electron chi connectivity index (χ3n) is 2.07.